The molecular weight excluding hydrogens is 280 g/mol. The number of carbonyl (C=O) groups is 1. The Morgan fingerprint density at radius 2 is 2.05 bits per heavy atom. The number of amides is 1. The van der Waals surface area contributed by atoms with Gasteiger partial charge in [-0.25, -0.2) is 12.7 Å². The number of sulfonamides is 1. The van der Waals surface area contributed by atoms with E-state index in [1.165, 1.54) is 4.31 Å². The monoisotopic (exact) mass is 304 g/mol. The van der Waals surface area contributed by atoms with Gasteiger partial charge >= 0.3 is 0 Å². The average molecular weight is 304 g/mol. The van der Waals surface area contributed by atoms with Crippen molar-refractivity contribution in [1.82, 2.24) is 9.62 Å². The van der Waals surface area contributed by atoms with Crippen LogP contribution >= 0.6 is 0 Å². The van der Waals surface area contributed by atoms with Gasteiger partial charge in [0.1, 0.15) is 0 Å². The van der Waals surface area contributed by atoms with E-state index in [1.54, 1.807) is 6.92 Å². The summed E-state index contributed by atoms with van der Waals surface area (Å²) in [6.45, 7) is 5.78. The van der Waals surface area contributed by atoms with Crippen LogP contribution < -0.4 is 5.32 Å². The Balaban J connectivity index is 1.86. The molecule has 2 aliphatic heterocycles. The molecule has 2 fully saturated rings. The summed E-state index contributed by atoms with van der Waals surface area (Å²) in [6, 6.07) is 0. The number of nitrogens with one attached hydrogen (secondary N) is 1. The van der Waals surface area contributed by atoms with Gasteiger partial charge in [0.2, 0.25) is 15.9 Å². The first-order valence-electron chi connectivity index (χ1n) is 7.24. The Kier molecular flexibility index (Phi) is 4.71. The summed E-state index contributed by atoms with van der Waals surface area (Å²) < 4.78 is 30.4. The molecule has 1 unspecified atom stereocenters. The Hall–Kier alpha value is -0.660. The van der Waals surface area contributed by atoms with Gasteiger partial charge in [-0.15, -0.1) is 0 Å². The average Bonchev–Trinajstić information content (AvgIpc) is 2.85. The van der Waals surface area contributed by atoms with Crippen LogP contribution in [0.25, 0.3) is 0 Å². The Labute approximate surface area is 120 Å². The highest BCUT2D eigenvalue weighted by Gasteiger charge is 2.35. The predicted molar refractivity (Wildman–Crippen MR) is 75.7 cm³/mol. The van der Waals surface area contributed by atoms with Crippen LogP contribution in [-0.2, 0) is 19.6 Å². The second-order valence-corrected chi connectivity index (χ2v) is 8.18. The van der Waals surface area contributed by atoms with Crippen LogP contribution in [0.15, 0.2) is 0 Å². The summed E-state index contributed by atoms with van der Waals surface area (Å²) >= 11 is 0. The molecule has 2 heterocycles. The third-order valence-electron chi connectivity index (χ3n) is 4.23. The van der Waals surface area contributed by atoms with Gasteiger partial charge in [-0.2, -0.15) is 0 Å². The van der Waals surface area contributed by atoms with E-state index in [-0.39, 0.29) is 23.1 Å². The van der Waals surface area contributed by atoms with E-state index < -0.39 is 10.0 Å². The van der Waals surface area contributed by atoms with Crippen molar-refractivity contribution in [2.24, 2.45) is 5.92 Å². The van der Waals surface area contributed by atoms with Crippen LogP contribution in [0.5, 0.6) is 0 Å². The molecule has 0 saturated carbocycles. The molecular formula is C13H24N2O4S. The summed E-state index contributed by atoms with van der Waals surface area (Å²) in [5, 5.41) is 3.06. The fraction of sp³-hybridized carbons (Fsp3) is 0.923. The molecule has 2 aliphatic rings. The van der Waals surface area contributed by atoms with Crippen molar-refractivity contribution < 1.29 is 17.9 Å². The molecule has 0 bridgehead atoms. The molecule has 1 N–H and O–H groups in total. The molecule has 7 heteroatoms. The largest absolute Gasteiger partial charge is 0.379 e. The van der Waals surface area contributed by atoms with Crippen LogP contribution in [0, 0.1) is 5.92 Å². The van der Waals surface area contributed by atoms with Crippen LogP contribution in [0.4, 0.5) is 0 Å². The lowest BCUT2D eigenvalue weighted by Gasteiger charge is -2.32. The zero-order valence-electron chi connectivity index (χ0n) is 12.2. The molecule has 0 aromatic heterocycles. The molecule has 116 valence electrons. The second-order valence-electron chi connectivity index (χ2n) is 5.93. The molecule has 1 atom stereocenters. The van der Waals surface area contributed by atoms with Gasteiger partial charge in [-0.1, -0.05) is 0 Å². The zero-order chi connectivity index (χ0) is 14.8. The summed E-state index contributed by atoms with van der Waals surface area (Å²) in [4.78, 5) is 12.3. The van der Waals surface area contributed by atoms with Crippen molar-refractivity contribution in [3.63, 3.8) is 0 Å². The summed E-state index contributed by atoms with van der Waals surface area (Å²) in [5.74, 6) is 0.0708. The van der Waals surface area contributed by atoms with Crippen molar-refractivity contribution in [3.8, 4) is 0 Å². The maximum Gasteiger partial charge on any atom is 0.223 e. The summed E-state index contributed by atoms with van der Waals surface area (Å²) in [5.41, 5.74) is -0.260. The van der Waals surface area contributed by atoms with Crippen molar-refractivity contribution in [2.75, 3.05) is 32.1 Å². The first-order chi connectivity index (χ1) is 9.36. The lowest BCUT2D eigenvalue weighted by atomic mass is 9.94. The van der Waals surface area contributed by atoms with Crippen LogP contribution in [-0.4, -0.2) is 56.2 Å². The topological polar surface area (TPSA) is 75.7 Å². The normalized spacial score (nSPS) is 29.5. The first kappa shape index (κ1) is 15.7. The van der Waals surface area contributed by atoms with Crippen molar-refractivity contribution >= 4 is 15.9 Å². The zero-order valence-corrected chi connectivity index (χ0v) is 13.0. The number of ether oxygens (including phenoxy) is 1. The van der Waals surface area contributed by atoms with E-state index in [0.29, 0.717) is 39.1 Å². The lowest BCUT2D eigenvalue weighted by Crippen LogP contribution is -2.51. The van der Waals surface area contributed by atoms with Gasteiger partial charge in [-0.3, -0.25) is 4.79 Å². The number of carbonyl (C=O) groups excluding carboxylic acids is 1. The Bertz CT molecular complexity index is 449. The Morgan fingerprint density at radius 1 is 1.40 bits per heavy atom. The molecule has 2 saturated heterocycles. The fourth-order valence-electron chi connectivity index (χ4n) is 2.74. The molecule has 0 spiro atoms. The van der Waals surface area contributed by atoms with Crippen LogP contribution in [0.3, 0.4) is 0 Å². The van der Waals surface area contributed by atoms with Crippen molar-refractivity contribution in [1.29, 1.82) is 0 Å². The van der Waals surface area contributed by atoms with Gasteiger partial charge in [-0.05, 0) is 33.1 Å². The Morgan fingerprint density at radius 3 is 2.55 bits per heavy atom. The number of hydrogen-bond donors (Lipinski definition) is 1. The van der Waals surface area contributed by atoms with E-state index in [0.717, 1.165) is 6.42 Å². The molecule has 20 heavy (non-hydrogen) atoms. The second kappa shape index (κ2) is 5.99. The van der Waals surface area contributed by atoms with Gasteiger partial charge in [0.25, 0.3) is 0 Å². The van der Waals surface area contributed by atoms with E-state index in [4.69, 9.17) is 4.74 Å². The number of nitrogens with zero attached hydrogens (tertiary/aromatic N) is 1. The smallest absolute Gasteiger partial charge is 0.223 e. The first-order valence-corrected chi connectivity index (χ1v) is 8.85. The van der Waals surface area contributed by atoms with Gasteiger partial charge in [0.05, 0.1) is 17.9 Å². The van der Waals surface area contributed by atoms with E-state index in [2.05, 4.69) is 5.32 Å². The maximum absolute atomic E-state index is 12.3. The number of hydrogen-bond acceptors (Lipinski definition) is 4. The van der Waals surface area contributed by atoms with Gasteiger partial charge in [0, 0.05) is 25.6 Å². The quantitative estimate of drug-likeness (QED) is 0.813. The third-order valence-corrected chi connectivity index (χ3v) is 6.11. The third kappa shape index (κ3) is 3.51. The van der Waals surface area contributed by atoms with Gasteiger partial charge < -0.3 is 10.1 Å². The highest BCUT2D eigenvalue weighted by molar-refractivity contribution is 7.89. The minimum Gasteiger partial charge on any atom is -0.379 e. The van der Waals surface area contributed by atoms with Crippen molar-refractivity contribution in [3.05, 3.63) is 0 Å². The number of piperidine rings is 1. The van der Waals surface area contributed by atoms with Crippen LogP contribution in [0.1, 0.15) is 33.1 Å². The fourth-order valence-corrected chi connectivity index (χ4v) is 3.88. The van der Waals surface area contributed by atoms with Crippen LogP contribution in [0.2, 0.25) is 0 Å². The molecule has 0 aromatic rings. The summed E-state index contributed by atoms with van der Waals surface area (Å²) in [7, 11) is -3.12. The van der Waals surface area contributed by atoms with E-state index >= 15 is 0 Å². The SMILES string of the molecule is CCS(=O)(=O)N1CCC(C(=O)NC2(C)CCOC2)CC1. The molecule has 6 nitrogen and oxygen atoms in total. The molecule has 1 amide bonds. The van der Waals surface area contributed by atoms with E-state index in [9.17, 15) is 13.2 Å². The standard InChI is InChI=1S/C13H24N2O4S/c1-3-20(17,18)15-7-4-11(5-8-15)12(16)14-13(2)6-9-19-10-13/h11H,3-10H2,1-2H3,(H,14,16). The molecule has 0 aliphatic carbocycles. The highest BCUT2D eigenvalue weighted by atomic mass is 32.2. The maximum atomic E-state index is 12.3. The summed E-state index contributed by atoms with van der Waals surface area (Å²) in [6.07, 6.45) is 2.03. The lowest BCUT2D eigenvalue weighted by molar-refractivity contribution is -0.128. The minimum atomic E-state index is -3.12. The van der Waals surface area contributed by atoms with E-state index in [1.807, 2.05) is 6.92 Å². The minimum absolute atomic E-state index is 0.0338. The highest BCUT2D eigenvalue weighted by Crippen LogP contribution is 2.23. The molecule has 2 rings (SSSR count). The van der Waals surface area contributed by atoms with Crippen molar-refractivity contribution in [2.45, 2.75) is 38.6 Å². The van der Waals surface area contributed by atoms with Gasteiger partial charge in [0.15, 0.2) is 0 Å². The molecule has 0 aromatic carbocycles. The molecule has 0 radical (unpaired) electrons. The number of rotatable bonds is 4. The predicted octanol–water partition coefficient (Wildman–Crippen LogP) is 0.343.